The zero-order valence-electron chi connectivity index (χ0n) is 8.97. The van der Waals surface area contributed by atoms with Crippen LogP contribution in [0.25, 0.3) is 0 Å². The first kappa shape index (κ1) is 11.5. The highest BCUT2D eigenvalue weighted by molar-refractivity contribution is 5.76. The summed E-state index contributed by atoms with van der Waals surface area (Å²) in [4.78, 5) is 16.7. The van der Waals surface area contributed by atoms with Gasteiger partial charge in [0, 0.05) is 13.7 Å². The van der Waals surface area contributed by atoms with E-state index < -0.39 is 0 Å². The number of amides is 1. The largest absolute Gasteiger partial charge is 0.377 e. The lowest BCUT2D eigenvalue weighted by molar-refractivity contribution is -0.157. The topological polar surface area (TPSA) is 38.8 Å². The smallest absolute Gasteiger partial charge is 0.280 e. The van der Waals surface area contributed by atoms with E-state index in [2.05, 4.69) is 0 Å². The minimum absolute atomic E-state index is 0.0415. The van der Waals surface area contributed by atoms with E-state index >= 15 is 0 Å². The van der Waals surface area contributed by atoms with Crippen molar-refractivity contribution in [1.82, 2.24) is 5.06 Å². The van der Waals surface area contributed by atoms with Crippen LogP contribution in [0, 0.1) is 0 Å². The summed E-state index contributed by atoms with van der Waals surface area (Å²) in [6, 6.07) is 9.14. The summed E-state index contributed by atoms with van der Waals surface area (Å²) < 4.78 is 4.98. The Morgan fingerprint density at radius 2 is 2.00 bits per heavy atom. The second kappa shape index (κ2) is 6.03. The third-order valence-corrected chi connectivity index (χ3v) is 1.77. The van der Waals surface area contributed by atoms with E-state index in [1.807, 2.05) is 25.1 Å². The molecule has 0 fully saturated rings. The van der Waals surface area contributed by atoms with Gasteiger partial charge in [0.2, 0.25) is 0 Å². The molecule has 1 amide bonds. The zero-order chi connectivity index (χ0) is 11.1. The molecule has 82 valence electrons. The van der Waals surface area contributed by atoms with Crippen molar-refractivity contribution in [3.05, 3.63) is 30.3 Å². The van der Waals surface area contributed by atoms with Crippen LogP contribution in [0.15, 0.2) is 30.3 Å². The third-order valence-electron chi connectivity index (χ3n) is 1.77. The van der Waals surface area contributed by atoms with E-state index in [0.717, 1.165) is 0 Å². The van der Waals surface area contributed by atoms with Crippen molar-refractivity contribution >= 4 is 5.91 Å². The van der Waals surface area contributed by atoms with Crippen LogP contribution in [0.4, 0.5) is 0 Å². The number of likely N-dealkylation sites (N-methyl/N-ethyl adjacent to an activating group) is 1. The van der Waals surface area contributed by atoms with Crippen LogP contribution in [0.3, 0.4) is 0 Å². The molecule has 0 bridgehead atoms. The summed E-state index contributed by atoms with van der Waals surface area (Å²) in [6.07, 6.45) is 0. The van der Waals surface area contributed by atoms with Crippen LogP contribution in [-0.2, 0) is 9.53 Å². The highest BCUT2D eigenvalue weighted by atomic mass is 16.7. The number of rotatable bonds is 5. The maximum Gasteiger partial charge on any atom is 0.280 e. The van der Waals surface area contributed by atoms with Gasteiger partial charge in [0.1, 0.15) is 6.61 Å². The second-order valence-corrected chi connectivity index (χ2v) is 2.93. The van der Waals surface area contributed by atoms with Crippen molar-refractivity contribution in [3.63, 3.8) is 0 Å². The second-order valence-electron chi connectivity index (χ2n) is 2.93. The monoisotopic (exact) mass is 209 g/mol. The van der Waals surface area contributed by atoms with Crippen molar-refractivity contribution in [2.24, 2.45) is 0 Å². The van der Waals surface area contributed by atoms with Crippen LogP contribution in [0.1, 0.15) is 6.92 Å². The Morgan fingerprint density at radius 1 is 1.33 bits per heavy atom. The molecular weight excluding hydrogens is 194 g/mol. The van der Waals surface area contributed by atoms with Gasteiger partial charge >= 0.3 is 0 Å². The van der Waals surface area contributed by atoms with Crippen LogP contribution in [-0.4, -0.2) is 31.2 Å². The van der Waals surface area contributed by atoms with Gasteiger partial charge in [-0.15, -0.1) is 0 Å². The maximum absolute atomic E-state index is 11.4. The lowest BCUT2D eigenvalue weighted by Gasteiger charge is -2.17. The molecule has 1 aromatic carbocycles. The fraction of sp³-hybridized carbons (Fsp3) is 0.364. The van der Waals surface area contributed by atoms with E-state index in [0.29, 0.717) is 12.4 Å². The molecule has 0 aromatic heterocycles. The van der Waals surface area contributed by atoms with Gasteiger partial charge in [0.25, 0.3) is 5.91 Å². The predicted octanol–water partition coefficient (Wildman–Crippen LogP) is 1.48. The first-order valence-electron chi connectivity index (χ1n) is 4.81. The molecule has 0 saturated heterocycles. The molecular formula is C11H15NO3. The maximum atomic E-state index is 11.4. The van der Waals surface area contributed by atoms with Crippen molar-refractivity contribution in [2.75, 3.05) is 20.3 Å². The average Bonchev–Trinajstić information content (AvgIpc) is 2.27. The highest BCUT2D eigenvalue weighted by Gasteiger charge is 2.09. The number of para-hydroxylation sites is 1. The molecule has 0 aliphatic carbocycles. The Morgan fingerprint density at radius 3 is 2.60 bits per heavy atom. The molecule has 0 saturated carbocycles. The third kappa shape index (κ3) is 3.99. The van der Waals surface area contributed by atoms with Crippen LogP contribution in [0.2, 0.25) is 0 Å². The summed E-state index contributed by atoms with van der Waals surface area (Å²) in [5.74, 6) is 0.422. The van der Waals surface area contributed by atoms with Crippen molar-refractivity contribution < 1.29 is 14.4 Å². The Balaban J connectivity index is 2.41. The van der Waals surface area contributed by atoms with Gasteiger partial charge in [-0.3, -0.25) is 4.79 Å². The molecule has 0 N–H and O–H groups in total. The number of hydrogen-bond donors (Lipinski definition) is 0. The van der Waals surface area contributed by atoms with E-state index in [1.165, 1.54) is 5.06 Å². The first-order chi connectivity index (χ1) is 7.24. The van der Waals surface area contributed by atoms with Crippen LogP contribution in [0.5, 0.6) is 5.75 Å². The first-order valence-corrected chi connectivity index (χ1v) is 4.81. The minimum atomic E-state index is -0.208. The molecule has 0 atom stereocenters. The summed E-state index contributed by atoms with van der Waals surface area (Å²) in [7, 11) is 1.56. The number of ether oxygens (including phenoxy) is 1. The summed E-state index contributed by atoms with van der Waals surface area (Å²) >= 11 is 0. The standard InChI is InChI=1S/C11H15NO3/c1-3-14-9-11(13)12(2)15-10-7-5-4-6-8-10/h4-8H,3,9H2,1-2H3. The average molecular weight is 209 g/mol. The molecule has 0 spiro atoms. The van der Waals surface area contributed by atoms with Gasteiger partial charge in [-0.2, -0.15) is 5.06 Å². The van der Waals surface area contributed by atoms with E-state index in [1.54, 1.807) is 19.2 Å². The predicted molar refractivity (Wildman–Crippen MR) is 56.3 cm³/mol. The van der Waals surface area contributed by atoms with Crippen LogP contribution < -0.4 is 4.84 Å². The van der Waals surface area contributed by atoms with Gasteiger partial charge in [-0.25, -0.2) is 0 Å². The number of carbonyl (C=O) groups excluding carboxylic acids is 1. The van der Waals surface area contributed by atoms with Crippen molar-refractivity contribution in [2.45, 2.75) is 6.92 Å². The molecule has 1 aromatic rings. The molecule has 0 unspecified atom stereocenters. The Bertz CT molecular complexity index is 300. The number of benzene rings is 1. The minimum Gasteiger partial charge on any atom is -0.377 e. The van der Waals surface area contributed by atoms with Gasteiger partial charge in [-0.1, -0.05) is 18.2 Å². The Hall–Kier alpha value is -1.55. The lowest BCUT2D eigenvalue weighted by atomic mass is 10.3. The molecule has 1 rings (SSSR count). The van der Waals surface area contributed by atoms with Gasteiger partial charge in [-0.05, 0) is 19.1 Å². The lowest BCUT2D eigenvalue weighted by Crippen LogP contribution is -2.33. The van der Waals surface area contributed by atoms with Gasteiger partial charge in [0.05, 0.1) is 0 Å². The van der Waals surface area contributed by atoms with Crippen LogP contribution >= 0.6 is 0 Å². The number of hydroxylamine groups is 2. The summed E-state index contributed by atoms with van der Waals surface area (Å²) in [5.41, 5.74) is 0. The molecule has 0 radical (unpaired) electrons. The zero-order valence-corrected chi connectivity index (χ0v) is 8.97. The fourth-order valence-electron chi connectivity index (χ4n) is 0.971. The van der Waals surface area contributed by atoms with Crippen molar-refractivity contribution in [1.29, 1.82) is 0 Å². The quantitative estimate of drug-likeness (QED) is 0.689. The van der Waals surface area contributed by atoms with E-state index in [4.69, 9.17) is 9.57 Å². The molecule has 15 heavy (non-hydrogen) atoms. The molecule has 4 nitrogen and oxygen atoms in total. The summed E-state index contributed by atoms with van der Waals surface area (Å²) in [5, 5.41) is 1.17. The summed E-state index contributed by atoms with van der Waals surface area (Å²) in [6.45, 7) is 2.40. The van der Waals surface area contributed by atoms with Crippen molar-refractivity contribution in [3.8, 4) is 5.75 Å². The number of hydrogen-bond acceptors (Lipinski definition) is 3. The molecule has 0 aliphatic rings. The number of carbonyl (C=O) groups is 1. The Kier molecular flexibility index (Phi) is 4.63. The molecule has 0 heterocycles. The Labute approximate surface area is 89.4 Å². The van der Waals surface area contributed by atoms with Gasteiger partial charge < -0.3 is 9.57 Å². The number of nitrogens with zero attached hydrogens (tertiary/aromatic N) is 1. The van der Waals surface area contributed by atoms with Gasteiger partial charge in [0.15, 0.2) is 5.75 Å². The highest BCUT2D eigenvalue weighted by Crippen LogP contribution is 2.09. The normalized spacial score (nSPS) is 9.73. The van der Waals surface area contributed by atoms with E-state index in [-0.39, 0.29) is 12.5 Å². The molecule has 0 aliphatic heterocycles. The molecule has 4 heteroatoms. The fourth-order valence-corrected chi connectivity index (χ4v) is 0.971. The SMILES string of the molecule is CCOCC(=O)N(C)Oc1ccccc1. The van der Waals surface area contributed by atoms with E-state index in [9.17, 15) is 4.79 Å².